The van der Waals surface area contributed by atoms with E-state index in [0.29, 0.717) is 5.69 Å². The van der Waals surface area contributed by atoms with Gasteiger partial charge in [0, 0.05) is 18.3 Å². The van der Waals surface area contributed by atoms with Crippen molar-refractivity contribution in [1.29, 1.82) is 0 Å². The molecule has 24 heavy (non-hydrogen) atoms. The summed E-state index contributed by atoms with van der Waals surface area (Å²) >= 11 is 0. The zero-order valence-corrected chi connectivity index (χ0v) is 12.9. The number of hydrogen-bond donors (Lipinski definition) is 0. The second kappa shape index (κ2) is 6.57. The first-order valence-electron chi connectivity index (χ1n) is 7.35. The van der Waals surface area contributed by atoms with Gasteiger partial charge in [0.05, 0.1) is 11.9 Å². The molecular formula is C17H14F2N4O. The van der Waals surface area contributed by atoms with Gasteiger partial charge >= 0.3 is 0 Å². The van der Waals surface area contributed by atoms with Crippen LogP contribution < -0.4 is 4.90 Å². The van der Waals surface area contributed by atoms with Crippen molar-refractivity contribution in [2.75, 3.05) is 11.4 Å². The highest BCUT2D eigenvalue weighted by Gasteiger charge is 2.20. The summed E-state index contributed by atoms with van der Waals surface area (Å²) in [5.41, 5.74) is 1.09. The van der Waals surface area contributed by atoms with Crippen LogP contribution in [0.25, 0.3) is 5.69 Å². The van der Waals surface area contributed by atoms with Gasteiger partial charge in [0.25, 0.3) is 5.91 Å². The number of carbonyl (C=O) groups excluding carboxylic acids is 1. The molecule has 0 fully saturated rings. The number of nitrogens with zero attached hydrogens (tertiary/aromatic N) is 4. The van der Waals surface area contributed by atoms with Crippen LogP contribution in [0.4, 0.5) is 14.5 Å². The smallest absolute Gasteiger partial charge is 0.280 e. The molecule has 0 unspecified atom stereocenters. The van der Waals surface area contributed by atoms with Crippen LogP contribution in [0.5, 0.6) is 0 Å². The summed E-state index contributed by atoms with van der Waals surface area (Å²) < 4.78 is 26.5. The zero-order valence-electron chi connectivity index (χ0n) is 12.9. The van der Waals surface area contributed by atoms with Crippen LogP contribution in [0.1, 0.15) is 17.4 Å². The molecule has 122 valence electrons. The molecule has 1 amide bonds. The minimum absolute atomic E-state index is 0.116. The second-order valence-electron chi connectivity index (χ2n) is 5.00. The Labute approximate surface area is 137 Å². The van der Waals surface area contributed by atoms with E-state index in [-0.39, 0.29) is 17.9 Å². The minimum atomic E-state index is -1.01. The van der Waals surface area contributed by atoms with Crippen molar-refractivity contribution < 1.29 is 13.6 Å². The number of hydrogen-bond acceptors (Lipinski definition) is 3. The molecular weight excluding hydrogens is 314 g/mol. The van der Waals surface area contributed by atoms with Crippen LogP contribution in [-0.2, 0) is 0 Å². The van der Waals surface area contributed by atoms with Crippen molar-refractivity contribution in [3.8, 4) is 5.69 Å². The Balaban J connectivity index is 1.89. The first-order chi connectivity index (χ1) is 11.6. The lowest BCUT2D eigenvalue weighted by Crippen LogP contribution is -2.31. The lowest BCUT2D eigenvalue weighted by atomic mass is 10.2. The van der Waals surface area contributed by atoms with Gasteiger partial charge in [-0.2, -0.15) is 9.90 Å². The highest BCUT2D eigenvalue weighted by molar-refractivity contribution is 6.04. The summed E-state index contributed by atoms with van der Waals surface area (Å²) in [6.07, 6.45) is 1.35. The molecule has 0 bridgehead atoms. The van der Waals surface area contributed by atoms with Gasteiger partial charge in [-0.05, 0) is 31.2 Å². The van der Waals surface area contributed by atoms with Crippen molar-refractivity contribution in [2.24, 2.45) is 0 Å². The van der Waals surface area contributed by atoms with Gasteiger partial charge in [0.1, 0.15) is 0 Å². The Morgan fingerprint density at radius 2 is 1.88 bits per heavy atom. The minimum Gasteiger partial charge on any atom is -0.307 e. The van der Waals surface area contributed by atoms with Crippen LogP contribution in [0.3, 0.4) is 0 Å². The van der Waals surface area contributed by atoms with E-state index in [1.807, 2.05) is 18.2 Å². The van der Waals surface area contributed by atoms with Gasteiger partial charge in [-0.25, -0.2) is 8.78 Å². The lowest BCUT2D eigenvalue weighted by molar-refractivity contribution is 0.0983. The van der Waals surface area contributed by atoms with E-state index < -0.39 is 17.5 Å². The van der Waals surface area contributed by atoms with Crippen LogP contribution >= 0.6 is 0 Å². The lowest BCUT2D eigenvalue weighted by Gasteiger charge is -2.19. The van der Waals surface area contributed by atoms with Crippen LogP contribution in [0.2, 0.25) is 0 Å². The van der Waals surface area contributed by atoms with Gasteiger partial charge in [-0.3, -0.25) is 4.79 Å². The Morgan fingerprint density at radius 1 is 1.12 bits per heavy atom. The van der Waals surface area contributed by atoms with Crippen LogP contribution in [-0.4, -0.2) is 27.4 Å². The normalized spacial score (nSPS) is 10.6. The van der Waals surface area contributed by atoms with Crippen molar-refractivity contribution in [1.82, 2.24) is 15.0 Å². The van der Waals surface area contributed by atoms with E-state index in [9.17, 15) is 13.6 Å². The molecule has 1 heterocycles. The summed E-state index contributed by atoms with van der Waals surface area (Å²) in [6.45, 7) is 2.02. The van der Waals surface area contributed by atoms with Gasteiger partial charge < -0.3 is 4.90 Å². The molecule has 5 nitrogen and oxygen atoms in total. The number of amides is 1. The first-order valence-corrected chi connectivity index (χ1v) is 7.35. The summed E-state index contributed by atoms with van der Waals surface area (Å²) in [4.78, 5) is 15.3. The van der Waals surface area contributed by atoms with E-state index in [0.717, 1.165) is 12.1 Å². The topological polar surface area (TPSA) is 51.0 Å². The third kappa shape index (κ3) is 3.01. The maximum atomic E-state index is 13.4. The standard InChI is InChI=1S/C17H14F2N4O/c1-2-22(13-8-9-14(18)15(19)10-13)17(24)16-11-20-23(21-16)12-6-4-3-5-7-12/h3-11H,2H2,1H3. The molecule has 3 aromatic rings. The van der Waals surface area contributed by atoms with E-state index in [1.165, 1.54) is 22.0 Å². The summed E-state index contributed by atoms with van der Waals surface area (Å²) in [5, 5.41) is 8.23. The Bertz CT molecular complexity index is 864. The molecule has 0 aliphatic heterocycles. The molecule has 0 spiro atoms. The zero-order chi connectivity index (χ0) is 17.1. The first kappa shape index (κ1) is 15.8. The predicted molar refractivity (Wildman–Crippen MR) is 85.1 cm³/mol. The van der Waals surface area contributed by atoms with E-state index >= 15 is 0 Å². The number of halogens is 2. The maximum Gasteiger partial charge on any atom is 0.280 e. The van der Waals surface area contributed by atoms with Gasteiger partial charge in [0.15, 0.2) is 17.3 Å². The van der Waals surface area contributed by atoms with Gasteiger partial charge in [-0.1, -0.05) is 18.2 Å². The molecule has 0 N–H and O–H groups in total. The summed E-state index contributed by atoms with van der Waals surface area (Å²) in [7, 11) is 0. The third-order valence-corrected chi connectivity index (χ3v) is 3.47. The number of carbonyl (C=O) groups is 1. The SMILES string of the molecule is CCN(C(=O)c1cnn(-c2ccccc2)n1)c1ccc(F)c(F)c1. The number of rotatable bonds is 4. The van der Waals surface area contributed by atoms with E-state index in [2.05, 4.69) is 10.2 Å². The maximum absolute atomic E-state index is 13.4. The summed E-state index contributed by atoms with van der Waals surface area (Å²) in [5.74, 6) is -2.41. The monoisotopic (exact) mass is 328 g/mol. The molecule has 3 rings (SSSR count). The fourth-order valence-electron chi connectivity index (χ4n) is 2.28. The molecule has 1 aromatic heterocycles. The number of benzene rings is 2. The summed E-state index contributed by atoms with van der Waals surface area (Å²) in [6, 6.07) is 12.5. The van der Waals surface area contributed by atoms with Crippen LogP contribution in [0, 0.1) is 11.6 Å². The molecule has 0 saturated carbocycles. The van der Waals surface area contributed by atoms with Gasteiger partial charge in [-0.15, -0.1) is 5.10 Å². The van der Waals surface area contributed by atoms with Crippen molar-refractivity contribution in [3.63, 3.8) is 0 Å². The third-order valence-electron chi connectivity index (χ3n) is 3.47. The molecule has 0 saturated heterocycles. The van der Waals surface area contributed by atoms with Crippen molar-refractivity contribution >= 4 is 11.6 Å². The van der Waals surface area contributed by atoms with E-state index in [4.69, 9.17) is 0 Å². The molecule has 7 heteroatoms. The quantitative estimate of drug-likeness (QED) is 0.739. The highest BCUT2D eigenvalue weighted by Crippen LogP contribution is 2.19. The Kier molecular flexibility index (Phi) is 4.33. The molecule has 0 radical (unpaired) electrons. The van der Waals surface area contributed by atoms with Crippen LogP contribution in [0.15, 0.2) is 54.7 Å². The van der Waals surface area contributed by atoms with E-state index in [1.54, 1.807) is 19.1 Å². The van der Waals surface area contributed by atoms with Gasteiger partial charge in [0.2, 0.25) is 0 Å². The average molecular weight is 328 g/mol. The van der Waals surface area contributed by atoms with Crippen molar-refractivity contribution in [3.05, 3.63) is 72.1 Å². The predicted octanol–water partition coefficient (Wildman–Crippen LogP) is 3.21. The van der Waals surface area contributed by atoms with Crippen molar-refractivity contribution in [2.45, 2.75) is 6.92 Å². The Hall–Kier alpha value is -3.09. The fraction of sp³-hybridized carbons (Fsp3) is 0.118. The molecule has 2 aromatic carbocycles. The molecule has 0 aliphatic carbocycles. The largest absolute Gasteiger partial charge is 0.307 e. The average Bonchev–Trinajstić information content (AvgIpc) is 3.09. The molecule has 0 atom stereocenters. The Morgan fingerprint density at radius 3 is 2.54 bits per heavy atom. The number of anilines is 1. The second-order valence-corrected chi connectivity index (χ2v) is 5.00. The number of para-hydroxylation sites is 1. The highest BCUT2D eigenvalue weighted by atomic mass is 19.2. The fourth-order valence-corrected chi connectivity index (χ4v) is 2.28. The molecule has 0 aliphatic rings. The number of aromatic nitrogens is 3.